The van der Waals surface area contributed by atoms with E-state index >= 15 is 0 Å². The van der Waals surface area contributed by atoms with E-state index in [2.05, 4.69) is 116 Å². The number of carbonyl (C=O) groups excluding carboxylic acids is 1. The Morgan fingerprint density at radius 2 is 0.775 bits per heavy atom. The van der Waals surface area contributed by atoms with Crippen molar-refractivity contribution >= 4 is 5.91 Å². The molecular formula is C71H123NO8. The summed E-state index contributed by atoms with van der Waals surface area (Å²) >= 11 is 0. The minimum absolute atomic E-state index is 0.179. The van der Waals surface area contributed by atoms with Crippen LogP contribution in [0.2, 0.25) is 0 Å². The highest BCUT2D eigenvalue weighted by molar-refractivity contribution is 5.76. The normalized spacial score (nSPS) is 19.2. The molecule has 7 unspecified atom stereocenters. The van der Waals surface area contributed by atoms with Crippen LogP contribution in [0.4, 0.5) is 0 Å². The van der Waals surface area contributed by atoms with Crippen molar-refractivity contribution in [1.29, 1.82) is 0 Å². The van der Waals surface area contributed by atoms with Crippen LogP contribution in [-0.4, -0.2) is 87.5 Å². The molecule has 9 heteroatoms. The fraction of sp³-hybridized carbons (Fsp3) is 0.732. The second-order valence-corrected chi connectivity index (χ2v) is 22.5. The number of nitrogens with one attached hydrogen (secondary N) is 1. The van der Waals surface area contributed by atoms with Gasteiger partial charge in [0.1, 0.15) is 24.4 Å². The van der Waals surface area contributed by atoms with E-state index in [9.17, 15) is 30.3 Å². The van der Waals surface area contributed by atoms with Gasteiger partial charge in [0, 0.05) is 6.42 Å². The highest BCUT2D eigenvalue weighted by Crippen LogP contribution is 2.23. The van der Waals surface area contributed by atoms with Crippen molar-refractivity contribution in [2.75, 3.05) is 13.2 Å². The Morgan fingerprint density at radius 1 is 0.438 bits per heavy atom. The zero-order valence-corrected chi connectivity index (χ0v) is 51.3. The zero-order valence-electron chi connectivity index (χ0n) is 51.3. The van der Waals surface area contributed by atoms with Crippen LogP contribution in [0.3, 0.4) is 0 Å². The highest BCUT2D eigenvalue weighted by Gasteiger charge is 2.44. The first-order valence-corrected chi connectivity index (χ1v) is 33.1. The van der Waals surface area contributed by atoms with Crippen LogP contribution < -0.4 is 5.32 Å². The molecule has 1 heterocycles. The molecule has 460 valence electrons. The van der Waals surface area contributed by atoms with Gasteiger partial charge in [-0.3, -0.25) is 4.79 Å². The van der Waals surface area contributed by atoms with Crippen molar-refractivity contribution in [3.05, 3.63) is 109 Å². The molecule has 9 nitrogen and oxygen atoms in total. The van der Waals surface area contributed by atoms with Crippen molar-refractivity contribution in [2.45, 2.75) is 320 Å². The number of amides is 1. The molecule has 1 saturated heterocycles. The van der Waals surface area contributed by atoms with Crippen molar-refractivity contribution in [3.8, 4) is 0 Å². The molecule has 0 spiro atoms. The third-order valence-corrected chi connectivity index (χ3v) is 15.1. The van der Waals surface area contributed by atoms with E-state index in [0.717, 1.165) is 89.9 Å². The predicted molar refractivity (Wildman–Crippen MR) is 341 cm³/mol. The van der Waals surface area contributed by atoms with E-state index in [-0.39, 0.29) is 12.5 Å². The van der Waals surface area contributed by atoms with Crippen LogP contribution in [0, 0.1) is 0 Å². The number of aliphatic hydroxyl groups excluding tert-OH is 5. The molecule has 1 rings (SSSR count). The largest absolute Gasteiger partial charge is 0.394 e. The number of carbonyl (C=O) groups is 1. The monoisotopic (exact) mass is 1120 g/mol. The molecule has 6 N–H and O–H groups in total. The summed E-state index contributed by atoms with van der Waals surface area (Å²) in [6, 6.07) is -0.811. The lowest BCUT2D eigenvalue weighted by molar-refractivity contribution is -0.302. The van der Waals surface area contributed by atoms with Gasteiger partial charge in [0.05, 0.1) is 25.4 Å². The average molecular weight is 1120 g/mol. The van der Waals surface area contributed by atoms with Gasteiger partial charge in [0.15, 0.2) is 6.29 Å². The van der Waals surface area contributed by atoms with Crippen molar-refractivity contribution in [2.24, 2.45) is 0 Å². The first kappa shape index (κ1) is 74.9. The number of rotatable bonds is 56. The quantitative estimate of drug-likeness (QED) is 0.0261. The van der Waals surface area contributed by atoms with Crippen LogP contribution in [0.5, 0.6) is 0 Å². The molecule has 0 aliphatic carbocycles. The van der Waals surface area contributed by atoms with Gasteiger partial charge in [-0.2, -0.15) is 0 Å². The van der Waals surface area contributed by atoms with Crippen LogP contribution >= 0.6 is 0 Å². The SMILES string of the molecule is CC/C=C\C/C=C\C/C=C\C/C=C\C/C=C\C/C=C\C/C=C\C/C=C\CCCCCCCCCCCCCCCCC(=O)NC(COC1OC(CO)C(O)C(O)C1O)C(O)/C=C/CCCCCCCCCCCCCCCCCC. The van der Waals surface area contributed by atoms with Crippen LogP contribution in [0.25, 0.3) is 0 Å². The van der Waals surface area contributed by atoms with Gasteiger partial charge in [-0.15, -0.1) is 0 Å². The summed E-state index contributed by atoms with van der Waals surface area (Å²) in [6.45, 7) is 3.68. The van der Waals surface area contributed by atoms with Gasteiger partial charge < -0.3 is 40.3 Å². The Morgan fingerprint density at radius 3 is 1.15 bits per heavy atom. The number of hydrogen-bond acceptors (Lipinski definition) is 8. The molecule has 7 atom stereocenters. The van der Waals surface area contributed by atoms with Gasteiger partial charge in [-0.25, -0.2) is 0 Å². The highest BCUT2D eigenvalue weighted by atomic mass is 16.7. The molecule has 80 heavy (non-hydrogen) atoms. The van der Waals surface area contributed by atoms with E-state index < -0.39 is 49.5 Å². The van der Waals surface area contributed by atoms with Gasteiger partial charge in [-0.05, 0) is 83.5 Å². The molecule has 0 aromatic heterocycles. The maximum Gasteiger partial charge on any atom is 0.220 e. The van der Waals surface area contributed by atoms with Gasteiger partial charge in [0.2, 0.25) is 5.91 Å². The zero-order chi connectivity index (χ0) is 57.9. The van der Waals surface area contributed by atoms with Gasteiger partial charge in [-0.1, -0.05) is 297 Å². The molecule has 0 aromatic rings. The number of hydrogen-bond donors (Lipinski definition) is 6. The minimum Gasteiger partial charge on any atom is -0.394 e. The van der Waals surface area contributed by atoms with E-state index in [1.807, 2.05) is 6.08 Å². The van der Waals surface area contributed by atoms with Crippen molar-refractivity contribution in [1.82, 2.24) is 5.32 Å². The Bertz CT molecular complexity index is 1630. The standard InChI is InChI=1S/C71H123NO8/c1-3-5-7-9-11-13-15-17-19-21-23-24-25-26-27-28-29-30-31-32-33-34-35-36-37-38-39-40-41-42-43-45-47-49-51-53-55-57-59-61-67(75)72-64(63-79-71-70(78)69(77)68(76)66(62-73)80-71)65(74)60-58-56-54-52-50-48-46-44-22-20-18-16-14-12-10-8-6-4-2/h5,7,11,13,17,19,23-24,26-27,29-30,32-33,35-36,58,60,64-66,68-71,73-74,76-78H,3-4,6,8-10,12,14-16,18,20-22,25,28,31,34,37-57,59,61-63H2,1-2H3,(H,72,75)/b7-5-,13-11-,19-17-,24-23-,27-26-,30-29-,33-32-,36-35-,60-58+. The second-order valence-electron chi connectivity index (χ2n) is 22.5. The van der Waals surface area contributed by atoms with E-state index in [1.165, 1.54) is 167 Å². The Labute approximate surface area is 491 Å². The molecule has 1 amide bonds. The van der Waals surface area contributed by atoms with Gasteiger partial charge in [0.25, 0.3) is 0 Å². The smallest absolute Gasteiger partial charge is 0.220 e. The van der Waals surface area contributed by atoms with E-state index in [0.29, 0.717) is 6.42 Å². The van der Waals surface area contributed by atoms with E-state index in [4.69, 9.17) is 9.47 Å². The Kier molecular flexibility index (Phi) is 55.2. The number of unbranched alkanes of at least 4 members (excludes halogenated alkanes) is 30. The molecule has 0 bridgehead atoms. The predicted octanol–water partition coefficient (Wildman–Crippen LogP) is 17.7. The lowest BCUT2D eigenvalue weighted by Crippen LogP contribution is -2.60. The average Bonchev–Trinajstić information content (AvgIpc) is 3.46. The van der Waals surface area contributed by atoms with Crippen molar-refractivity contribution < 1.29 is 39.8 Å². The molecule has 0 saturated carbocycles. The van der Waals surface area contributed by atoms with Crippen LogP contribution in [-0.2, 0) is 14.3 Å². The Hall–Kier alpha value is -3.15. The Balaban J connectivity index is 2.12. The summed E-state index contributed by atoms with van der Waals surface area (Å²) in [5.41, 5.74) is 0. The second kappa shape index (κ2) is 59.0. The third-order valence-electron chi connectivity index (χ3n) is 15.1. The lowest BCUT2D eigenvalue weighted by Gasteiger charge is -2.40. The topological polar surface area (TPSA) is 149 Å². The van der Waals surface area contributed by atoms with E-state index in [1.54, 1.807) is 6.08 Å². The van der Waals surface area contributed by atoms with Crippen molar-refractivity contribution in [3.63, 3.8) is 0 Å². The third kappa shape index (κ3) is 47.4. The summed E-state index contributed by atoms with van der Waals surface area (Å²) in [5.74, 6) is -0.179. The fourth-order valence-corrected chi connectivity index (χ4v) is 9.94. The maximum absolute atomic E-state index is 13.1. The lowest BCUT2D eigenvalue weighted by atomic mass is 9.99. The molecule has 0 aromatic carbocycles. The first-order chi connectivity index (χ1) is 39.3. The number of allylic oxidation sites excluding steroid dienone is 17. The summed E-state index contributed by atoms with van der Waals surface area (Å²) in [4.78, 5) is 13.1. The van der Waals surface area contributed by atoms with Gasteiger partial charge >= 0.3 is 0 Å². The first-order valence-electron chi connectivity index (χ1n) is 33.1. The van der Waals surface area contributed by atoms with Crippen LogP contribution in [0.15, 0.2) is 109 Å². The fourth-order valence-electron chi connectivity index (χ4n) is 9.94. The van der Waals surface area contributed by atoms with Crippen LogP contribution in [0.1, 0.15) is 277 Å². The molecule has 1 aliphatic heterocycles. The molecule has 1 aliphatic rings. The summed E-state index contributed by atoms with van der Waals surface area (Å²) < 4.78 is 11.3. The molecular weight excluding hydrogens is 995 g/mol. The maximum atomic E-state index is 13.1. The summed E-state index contributed by atoms with van der Waals surface area (Å²) in [7, 11) is 0. The molecule has 0 radical (unpaired) electrons. The minimum atomic E-state index is -1.57. The summed E-state index contributed by atoms with van der Waals surface area (Å²) in [5, 5.41) is 54.6. The molecule has 1 fully saturated rings. The number of aliphatic hydroxyl groups is 5. The summed E-state index contributed by atoms with van der Waals surface area (Å²) in [6.07, 6.45) is 80.3. The number of ether oxygens (including phenoxy) is 2.